The van der Waals surface area contributed by atoms with Crippen molar-refractivity contribution in [3.8, 4) is 0 Å². The summed E-state index contributed by atoms with van der Waals surface area (Å²) in [7, 11) is 0.652. The van der Waals surface area contributed by atoms with Crippen molar-refractivity contribution in [3.63, 3.8) is 0 Å². The number of rotatable bonds is 7. The molecule has 2 N–H and O–H groups in total. The van der Waals surface area contributed by atoms with Crippen molar-refractivity contribution in [2.24, 2.45) is 0 Å². The van der Waals surface area contributed by atoms with Crippen molar-refractivity contribution in [1.29, 1.82) is 0 Å². The molecule has 0 amide bonds. The molecule has 0 spiro atoms. The highest BCUT2D eigenvalue weighted by molar-refractivity contribution is 7.92. The summed E-state index contributed by atoms with van der Waals surface area (Å²) in [6.45, 7) is 2.75. The average molecular weight is 348 g/mol. The summed E-state index contributed by atoms with van der Waals surface area (Å²) < 4.78 is 25.2. The summed E-state index contributed by atoms with van der Waals surface area (Å²) in [5.74, 6) is 0.918. The van der Waals surface area contributed by atoms with E-state index in [9.17, 15) is 8.42 Å². The van der Waals surface area contributed by atoms with Crippen LogP contribution in [-0.2, 0) is 16.6 Å². The van der Waals surface area contributed by atoms with Crippen molar-refractivity contribution in [2.45, 2.75) is 19.5 Å². The first-order valence-corrected chi connectivity index (χ1v) is 9.57. The van der Waals surface area contributed by atoms with Crippen molar-refractivity contribution < 1.29 is 8.42 Å². The molecule has 0 aliphatic carbocycles. The van der Waals surface area contributed by atoms with Gasteiger partial charge in [-0.25, -0.2) is 13.4 Å². The standard InChI is InChI=1S/C17H24N4O2S/c1-13(15-6-5-7-16(11-15)20-24(4,22)23)19-12-14-8-9-18-17(10-14)21(2)3/h5-11,13,19-20H,12H2,1-4H3. The van der Waals surface area contributed by atoms with Crippen LogP contribution in [0.1, 0.15) is 24.1 Å². The predicted molar refractivity (Wildman–Crippen MR) is 98.7 cm³/mol. The van der Waals surface area contributed by atoms with Gasteiger partial charge >= 0.3 is 0 Å². The number of anilines is 2. The minimum atomic E-state index is -3.27. The molecular weight excluding hydrogens is 324 g/mol. The monoisotopic (exact) mass is 348 g/mol. The van der Waals surface area contributed by atoms with Crippen LogP contribution < -0.4 is 14.9 Å². The summed E-state index contributed by atoms with van der Waals surface area (Å²) in [4.78, 5) is 6.27. The average Bonchev–Trinajstić information content (AvgIpc) is 2.51. The molecule has 1 aromatic heterocycles. The Morgan fingerprint density at radius 2 is 1.96 bits per heavy atom. The van der Waals surface area contributed by atoms with Gasteiger partial charge in [0.05, 0.1) is 6.26 Å². The highest BCUT2D eigenvalue weighted by Crippen LogP contribution is 2.19. The maximum Gasteiger partial charge on any atom is 0.229 e. The molecule has 24 heavy (non-hydrogen) atoms. The molecule has 6 nitrogen and oxygen atoms in total. The van der Waals surface area contributed by atoms with Crippen LogP contribution in [0.2, 0.25) is 0 Å². The van der Waals surface area contributed by atoms with Crippen LogP contribution in [0.4, 0.5) is 11.5 Å². The Bertz CT molecular complexity index is 791. The maximum absolute atomic E-state index is 11.3. The third kappa shape index (κ3) is 5.50. The lowest BCUT2D eigenvalue weighted by molar-refractivity contribution is 0.574. The van der Waals surface area contributed by atoms with Crippen LogP contribution in [0.3, 0.4) is 0 Å². The Morgan fingerprint density at radius 3 is 2.62 bits per heavy atom. The van der Waals surface area contributed by atoms with E-state index in [4.69, 9.17) is 0 Å². The number of hydrogen-bond donors (Lipinski definition) is 2. The molecule has 0 fully saturated rings. The lowest BCUT2D eigenvalue weighted by Crippen LogP contribution is -2.19. The van der Waals surface area contributed by atoms with E-state index in [1.165, 1.54) is 0 Å². The van der Waals surface area contributed by atoms with E-state index in [1.54, 1.807) is 12.3 Å². The highest BCUT2D eigenvalue weighted by atomic mass is 32.2. The fourth-order valence-corrected chi connectivity index (χ4v) is 2.84. The van der Waals surface area contributed by atoms with E-state index < -0.39 is 10.0 Å². The van der Waals surface area contributed by atoms with Gasteiger partial charge in [0.1, 0.15) is 5.82 Å². The fraction of sp³-hybridized carbons (Fsp3) is 0.353. The quantitative estimate of drug-likeness (QED) is 0.803. The van der Waals surface area contributed by atoms with Crippen LogP contribution >= 0.6 is 0 Å². The fourth-order valence-electron chi connectivity index (χ4n) is 2.29. The first-order valence-electron chi connectivity index (χ1n) is 7.68. The number of aromatic nitrogens is 1. The minimum Gasteiger partial charge on any atom is -0.363 e. The molecule has 1 unspecified atom stereocenters. The van der Waals surface area contributed by atoms with Crippen LogP contribution in [0.15, 0.2) is 42.6 Å². The second-order valence-corrected chi connectivity index (χ2v) is 7.77. The molecule has 0 aliphatic rings. The van der Waals surface area contributed by atoms with Crippen molar-refractivity contribution in [1.82, 2.24) is 10.3 Å². The van der Waals surface area contributed by atoms with Gasteiger partial charge in [0.25, 0.3) is 0 Å². The Hall–Kier alpha value is -2.12. The number of hydrogen-bond acceptors (Lipinski definition) is 5. The van der Waals surface area contributed by atoms with E-state index in [0.29, 0.717) is 12.2 Å². The van der Waals surface area contributed by atoms with Gasteiger partial charge in [0.2, 0.25) is 10.0 Å². The molecule has 1 heterocycles. The number of nitrogens with zero attached hydrogens (tertiary/aromatic N) is 2. The number of nitrogens with one attached hydrogen (secondary N) is 2. The molecule has 0 saturated heterocycles. The summed E-state index contributed by atoms with van der Waals surface area (Å²) in [5.41, 5.74) is 2.74. The summed E-state index contributed by atoms with van der Waals surface area (Å²) in [6, 6.07) is 11.5. The van der Waals surface area contributed by atoms with Crippen LogP contribution in [0.5, 0.6) is 0 Å². The molecule has 130 valence electrons. The Balaban J connectivity index is 2.03. The highest BCUT2D eigenvalue weighted by Gasteiger charge is 2.08. The van der Waals surface area contributed by atoms with Gasteiger partial charge in [-0.15, -0.1) is 0 Å². The van der Waals surface area contributed by atoms with E-state index in [-0.39, 0.29) is 6.04 Å². The number of benzene rings is 1. The van der Waals surface area contributed by atoms with Gasteiger partial charge in [0.15, 0.2) is 0 Å². The zero-order chi connectivity index (χ0) is 17.7. The Labute approximate surface area is 144 Å². The third-order valence-electron chi connectivity index (χ3n) is 3.57. The first-order chi connectivity index (χ1) is 11.2. The van der Waals surface area contributed by atoms with Crippen molar-refractivity contribution in [2.75, 3.05) is 30.0 Å². The van der Waals surface area contributed by atoms with Gasteiger partial charge in [-0.1, -0.05) is 12.1 Å². The van der Waals surface area contributed by atoms with Gasteiger partial charge in [0, 0.05) is 38.6 Å². The second kappa shape index (κ2) is 7.63. The molecular formula is C17H24N4O2S. The molecule has 2 rings (SSSR count). The normalized spacial score (nSPS) is 12.7. The van der Waals surface area contributed by atoms with Gasteiger partial charge in [-0.05, 0) is 42.3 Å². The minimum absolute atomic E-state index is 0.0854. The molecule has 0 saturated carbocycles. The Morgan fingerprint density at radius 1 is 1.21 bits per heavy atom. The van der Waals surface area contributed by atoms with Gasteiger partial charge in [-0.3, -0.25) is 4.72 Å². The molecule has 0 bridgehead atoms. The van der Waals surface area contributed by atoms with E-state index in [2.05, 4.69) is 15.0 Å². The summed E-state index contributed by atoms with van der Waals surface area (Å²) >= 11 is 0. The van der Waals surface area contributed by atoms with E-state index in [0.717, 1.165) is 23.2 Å². The van der Waals surface area contributed by atoms with Crippen molar-refractivity contribution in [3.05, 3.63) is 53.7 Å². The molecule has 2 aromatic rings. The summed E-state index contributed by atoms with van der Waals surface area (Å²) in [6.07, 6.45) is 2.95. The topological polar surface area (TPSA) is 74.3 Å². The predicted octanol–water partition coefficient (Wildman–Crippen LogP) is 2.37. The van der Waals surface area contributed by atoms with E-state index in [1.807, 2.05) is 56.3 Å². The SMILES string of the molecule is CC(NCc1ccnc(N(C)C)c1)c1cccc(NS(C)(=O)=O)c1. The zero-order valence-electron chi connectivity index (χ0n) is 14.4. The second-order valence-electron chi connectivity index (χ2n) is 6.02. The number of sulfonamides is 1. The Kier molecular flexibility index (Phi) is 5.80. The number of pyridine rings is 1. The van der Waals surface area contributed by atoms with Crippen LogP contribution in [0, 0.1) is 0 Å². The molecule has 0 aliphatic heterocycles. The smallest absolute Gasteiger partial charge is 0.229 e. The lowest BCUT2D eigenvalue weighted by atomic mass is 10.1. The first kappa shape index (κ1) is 18.2. The van der Waals surface area contributed by atoms with E-state index >= 15 is 0 Å². The summed E-state index contributed by atoms with van der Waals surface area (Å²) in [5, 5.41) is 3.45. The third-order valence-corrected chi connectivity index (χ3v) is 4.18. The molecule has 7 heteroatoms. The lowest BCUT2D eigenvalue weighted by Gasteiger charge is -2.17. The molecule has 1 aromatic carbocycles. The van der Waals surface area contributed by atoms with Gasteiger partial charge < -0.3 is 10.2 Å². The largest absolute Gasteiger partial charge is 0.363 e. The molecule has 1 atom stereocenters. The van der Waals surface area contributed by atoms with Crippen LogP contribution in [0.25, 0.3) is 0 Å². The maximum atomic E-state index is 11.3. The zero-order valence-corrected chi connectivity index (χ0v) is 15.3. The molecule has 0 radical (unpaired) electrons. The van der Waals surface area contributed by atoms with Gasteiger partial charge in [-0.2, -0.15) is 0 Å². The van der Waals surface area contributed by atoms with Crippen molar-refractivity contribution >= 4 is 21.5 Å². The van der Waals surface area contributed by atoms with Crippen LogP contribution in [-0.4, -0.2) is 33.8 Å².